The lowest BCUT2D eigenvalue weighted by Gasteiger charge is -2.31. The second-order valence-corrected chi connectivity index (χ2v) is 5.93. The van der Waals surface area contributed by atoms with E-state index in [1.54, 1.807) is 0 Å². The monoisotopic (exact) mass is 284 g/mol. The van der Waals surface area contributed by atoms with Crippen LogP contribution in [0.5, 0.6) is 0 Å². The number of ketones is 1. The molecule has 0 spiro atoms. The van der Waals surface area contributed by atoms with Crippen molar-refractivity contribution in [1.29, 1.82) is 0 Å². The smallest absolute Gasteiger partial charge is 0.150 e. The molecule has 0 aromatic rings. The zero-order chi connectivity index (χ0) is 15.0. The third kappa shape index (κ3) is 5.51. The number of morpholine rings is 1. The Labute approximate surface area is 124 Å². The van der Waals surface area contributed by atoms with Gasteiger partial charge in [-0.05, 0) is 32.5 Å². The highest BCUT2D eigenvalue weighted by molar-refractivity contribution is 5.84. The highest BCUT2D eigenvalue weighted by Gasteiger charge is 2.26. The maximum absolute atomic E-state index is 12.5. The van der Waals surface area contributed by atoms with Crippen molar-refractivity contribution in [3.63, 3.8) is 0 Å². The minimum Gasteiger partial charge on any atom is -0.379 e. The van der Waals surface area contributed by atoms with Gasteiger partial charge in [0.1, 0.15) is 5.78 Å². The van der Waals surface area contributed by atoms with E-state index in [1.165, 1.54) is 0 Å². The van der Waals surface area contributed by atoms with Gasteiger partial charge in [0.15, 0.2) is 0 Å². The van der Waals surface area contributed by atoms with Crippen molar-refractivity contribution in [1.82, 2.24) is 9.80 Å². The van der Waals surface area contributed by atoms with Gasteiger partial charge in [-0.15, -0.1) is 0 Å². The molecule has 1 rings (SSSR count). The normalized spacial score (nSPS) is 20.1. The zero-order valence-corrected chi connectivity index (χ0v) is 13.7. The van der Waals surface area contributed by atoms with E-state index >= 15 is 0 Å². The summed E-state index contributed by atoms with van der Waals surface area (Å²) in [7, 11) is 2.07. The largest absolute Gasteiger partial charge is 0.379 e. The Kier molecular flexibility index (Phi) is 8.34. The Balaban J connectivity index is 2.37. The molecule has 2 atom stereocenters. The molecule has 20 heavy (non-hydrogen) atoms. The van der Waals surface area contributed by atoms with E-state index < -0.39 is 0 Å². The van der Waals surface area contributed by atoms with E-state index in [2.05, 4.69) is 37.6 Å². The first-order valence-electron chi connectivity index (χ1n) is 8.13. The zero-order valence-electron chi connectivity index (χ0n) is 13.7. The van der Waals surface area contributed by atoms with Gasteiger partial charge in [-0.3, -0.25) is 14.6 Å². The first-order chi connectivity index (χ1) is 9.60. The fraction of sp³-hybridized carbons (Fsp3) is 0.938. The molecule has 1 heterocycles. The Bertz CT molecular complexity index is 268. The predicted molar refractivity (Wildman–Crippen MR) is 83.0 cm³/mol. The summed E-state index contributed by atoms with van der Waals surface area (Å²) in [4.78, 5) is 17.1. The van der Waals surface area contributed by atoms with Crippen LogP contribution < -0.4 is 0 Å². The molecule has 2 unspecified atom stereocenters. The number of carbonyl (C=O) groups is 1. The molecule has 0 saturated carbocycles. The molecule has 0 bridgehead atoms. The van der Waals surface area contributed by atoms with Crippen molar-refractivity contribution in [2.75, 3.05) is 46.4 Å². The molecule has 0 N–H and O–H groups in total. The van der Waals surface area contributed by atoms with Crippen LogP contribution in [0.3, 0.4) is 0 Å². The van der Waals surface area contributed by atoms with Gasteiger partial charge in [-0.25, -0.2) is 0 Å². The maximum Gasteiger partial charge on any atom is 0.150 e. The summed E-state index contributed by atoms with van der Waals surface area (Å²) in [6, 6.07) is 0.0923. The number of hydrogen-bond acceptors (Lipinski definition) is 4. The third-order valence-electron chi connectivity index (χ3n) is 4.49. The van der Waals surface area contributed by atoms with E-state index in [9.17, 15) is 4.79 Å². The second kappa shape index (κ2) is 9.48. The van der Waals surface area contributed by atoms with Crippen molar-refractivity contribution in [2.45, 2.75) is 46.1 Å². The number of rotatable bonds is 9. The molecule has 0 aliphatic carbocycles. The van der Waals surface area contributed by atoms with Crippen LogP contribution in [0.25, 0.3) is 0 Å². The highest BCUT2D eigenvalue weighted by Crippen LogP contribution is 2.16. The van der Waals surface area contributed by atoms with Gasteiger partial charge in [0.25, 0.3) is 0 Å². The first kappa shape index (κ1) is 17.6. The van der Waals surface area contributed by atoms with Gasteiger partial charge >= 0.3 is 0 Å². The van der Waals surface area contributed by atoms with Crippen LogP contribution in [0, 0.1) is 5.92 Å². The van der Waals surface area contributed by atoms with Crippen LogP contribution in [0.1, 0.15) is 40.0 Å². The van der Waals surface area contributed by atoms with E-state index in [1.807, 2.05) is 0 Å². The minimum absolute atomic E-state index is 0.0923. The van der Waals surface area contributed by atoms with Gasteiger partial charge in [0.05, 0.1) is 19.3 Å². The summed E-state index contributed by atoms with van der Waals surface area (Å²) in [6.07, 6.45) is 2.74. The van der Waals surface area contributed by atoms with Gasteiger partial charge in [-0.1, -0.05) is 27.2 Å². The Hall–Kier alpha value is -0.450. The number of carbonyl (C=O) groups excluding carboxylic acids is 1. The molecule has 0 radical (unpaired) electrons. The first-order valence-corrected chi connectivity index (χ1v) is 8.13. The molecule has 0 aromatic carbocycles. The van der Waals surface area contributed by atoms with Crippen molar-refractivity contribution in [3.8, 4) is 0 Å². The van der Waals surface area contributed by atoms with Gasteiger partial charge in [-0.2, -0.15) is 0 Å². The van der Waals surface area contributed by atoms with Crippen LogP contribution in [-0.4, -0.2) is 68.1 Å². The quantitative estimate of drug-likeness (QED) is 0.648. The summed E-state index contributed by atoms with van der Waals surface area (Å²) in [6.45, 7) is 12.1. The second-order valence-electron chi connectivity index (χ2n) is 5.93. The van der Waals surface area contributed by atoms with Crippen molar-refractivity contribution in [3.05, 3.63) is 0 Å². The summed E-state index contributed by atoms with van der Waals surface area (Å²) in [5.74, 6) is 0.854. The molecule has 4 nitrogen and oxygen atoms in total. The van der Waals surface area contributed by atoms with Crippen LogP contribution in [0.2, 0.25) is 0 Å². The van der Waals surface area contributed by atoms with Gasteiger partial charge < -0.3 is 4.74 Å². The van der Waals surface area contributed by atoms with Gasteiger partial charge in [0.2, 0.25) is 0 Å². The standard InChI is InChI=1S/C16H32N2O2/c1-5-14(3)16(17(4)6-2)15(19)8-7-9-18-10-12-20-13-11-18/h14,16H,5-13H2,1-4H3. The number of likely N-dealkylation sites (N-methyl/N-ethyl adjacent to an activating group) is 1. The Morgan fingerprint density at radius 1 is 1.30 bits per heavy atom. The Morgan fingerprint density at radius 2 is 1.95 bits per heavy atom. The molecule has 0 amide bonds. The fourth-order valence-corrected chi connectivity index (χ4v) is 2.87. The highest BCUT2D eigenvalue weighted by atomic mass is 16.5. The topological polar surface area (TPSA) is 32.8 Å². The van der Waals surface area contributed by atoms with Crippen LogP contribution in [-0.2, 0) is 9.53 Å². The van der Waals surface area contributed by atoms with E-state index in [-0.39, 0.29) is 6.04 Å². The molecule has 1 aliphatic heterocycles. The lowest BCUT2D eigenvalue weighted by molar-refractivity contribution is -0.125. The number of nitrogens with zero attached hydrogens (tertiary/aromatic N) is 2. The van der Waals surface area contributed by atoms with Gasteiger partial charge in [0, 0.05) is 19.5 Å². The van der Waals surface area contributed by atoms with Crippen LogP contribution >= 0.6 is 0 Å². The van der Waals surface area contributed by atoms with E-state index in [4.69, 9.17) is 4.74 Å². The van der Waals surface area contributed by atoms with Crippen LogP contribution in [0.4, 0.5) is 0 Å². The third-order valence-corrected chi connectivity index (χ3v) is 4.49. The van der Waals surface area contributed by atoms with E-state index in [0.29, 0.717) is 18.1 Å². The average molecular weight is 284 g/mol. The molecule has 0 aromatic heterocycles. The number of hydrogen-bond donors (Lipinski definition) is 0. The summed E-state index contributed by atoms with van der Waals surface area (Å²) in [5.41, 5.74) is 0. The number of ether oxygens (including phenoxy) is 1. The lowest BCUT2D eigenvalue weighted by atomic mass is 9.92. The lowest BCUT2D eigenvalue weighted by Crippen LogP contribution is -2.43. The molecule has 4 heteroatoms. The van der Waals surface area contributed by atoms with E-state index in [0.717, 1.165) is 52.2 Å². The molecule has 1 fully saturated rings. The average Bonchev–Trinajstić information content (AvgIpc) is 2.48. The fourth-order valence-electron chi connectivity index (χ4n) is 2.87. The molecule has 118 valence electrons. The molecular weight excluding hydrogens is 252 g/mol. The summed E-state index contributed by atoms with van der Waals surface area (Å²) >= 11 is 0. The van der Waals surface area contributed by atoms with Crippen molar-refractivity contribution in [2.24, 2.45) is 5.92 Å². The Morgan fingerprint density at radius 3 is 2.50 bits per heavy atom. The summed E-state index contributed by atoms with van der Waals surface area (Å²) < 4.78 is 5.34. The predicted octanol–water partition coefficient (Wildman–Crippen LogP) is 2.03. The summed E-state index contributed by atoms with van der Waals surface area (Å²) in [5, 5.41) is 0. The van der Waals surface area contributed by atoms with Crippen LogP contribution in [0.15, 0.2) is 0 Å². The minimum atomic E-state index is 0.0923. The maximum atomic E-state index is 12.5. The van der Waals surface area contributed by atoms with Crippen molar-refractivity contribution >= 4 is 5.78 Å². The molecule has 1 saturated heterocycles. The SMILES string of the molecule is CCC(C)C(C(=O)CCCN1CCOCC1)N(C)CC. The van der Waals surface area contributed by atoms with Crippen molar-refractivity contribution < 1.29 is 9.53 Å². The number of Topliss-reactive ketones (excluding diaryl/α,β-unsaturated/α-hetero) is 1. The molecule has 1 aliphatic rings. The molecular formula is C16H32N2O2.